The van der Waals surface area contributed by atoms with Gasteiger partial charge >= 0.3 is 5.97 Å². The van der Waals surface area contributed by atoms with Crippen LogP contribution in [-0.4, -0.2) is 29.5 Å². The maximum Gasteiger partial charge on any atom is 0.358 e. The Morgan fingerprint density at radius 1 is 1.26 bits per heavy atom. The van der Waals surface area contributed by atoms with E-state index in [1.807, 2.05) is 42.5 Å². The summed E-state index contributed by atoms with van der Waals surface area (Å²) in [6.07, 6.45) is 0.738. The number of carbonyl (C=O) groups excluding carboxylic acids is 2. The van der Waals surface area contributed by atoms with E-state index in [2.05, 4.69) is 22.2 Å². The van der Waals surface area contributed by atoms with Crippen LogP contribution in [0.15, 0.2) is 60.5 Å². The lowest BCUT2D eigenvalue weighted by atomic mass is 10.1. The number of hydrogen-bond donors (Lipinski definition) is 2. The van der Waals surface area contributed by atoms with Gasteiger partial charge in [-0.15, -0.1) is 17.9 Å². The van der Waals surface area contributed by atoms with Crippen LogP contribution in [0.2, 0.25) is 0 Å². The number of esters is 1. The highest BCUT2D eigenvalue weighted by Gasteiger charge is 2.21. The molecule has 27 heavy (non-hydrogen) atoms. The monoisotopic (exact) mass is 381 g/mol. The zero-order valence-electron chi connectivity index (χ0n) is 14.8. The highest BCUT2D eigenvalue weighted by molar-refractivity contribution is 7.13. The van der Waals surface area contributed by atoms with Crippen LogP contribution < -0.4 is 10.6 Å². The maximum absolute atomic E-state index is 12.4. The molecule has 1 atom stereocenters. The smallest absolute Gasteiger partial charge is 0.358 e. The first kappa shape index (κ1) is 18.6. The van der Waals surface area contributed by atoms with Gasteiger partial charge in [-0.25, -0.2) is 9.78 Å². The first-order chi connectivity index (χ1) is 13.1. The van der Waals surface area contributed by atoms with E-state index in [-0.39, 0.29) is 5.69 Å². The molecule has 138 valence electrons. The number of rotatable bonds is 7. The molecule has 3 aromatic rings. The Bertz CT molecular complexity index is 978. The molecule has 2 aromatic carbocycles. The SMILES string of the molecule is C=CCNc1nc(C(=O)OC(C)C(=O)Nc2cccc3ccccc23)cs1. The van der Waals surface area contributed by atoms with Crippen molar-refractivity contribution >= 4 is 44.8 Å². The van der Waals surface area contributed by atoms with Crippen LogP contribution in [-0.2, 0) is 9.53 Å². The molecule has 6 nitrogen and oxygen atoms in total. The van der Waals surface area contributed by atoms with E-state index in [0.29, 0.717) is 17.4 Å². The van der Waals surface area contributed by atoms with E-state index in [9.17, 15) is 9.59 Å². The Balaban J connectivity index is 1.64. The van der Waals surface area contributed by atoms with Gasteiger partial charge in [-0.1, -0.05) is 42.5 Å². The van der Waals surface area contributed by atoms with Crippen molar-refractivity contribution in [3.63, 3.8) is 0 Å². The number of hydrogen-bond acceptors (Lipinski definition) is 6. The minimum atomic E-state index is -0.956. The summed E-state index contributed by atoms with van der Waals surface area (Å²) in [6.45, 7) is 5.68. The van der Waals surface area contributed by atoms with Gasteiger partial charge in [0.25, 0.3) is 5.91 Å². The Labute approximate surface area is 160 Å². The van der Waals surface area contributed by atoms with Crippen LogP contribution in [0.4, 0.5) is 10.8 Å². The highest BCUT2D eigenvalue weighted by Crippen LogP contribution is 2.23. The minimum absolute atomic E-state index is 0.163. The van der Waals surface area contributed by atoms with E-state index >= 15 is 0 Å². The van der Waals surface area contributed by atoms with Crippen LogP contribution in [0, 0.1) is 0 Å². The number of fused-ring (bicyclic) bond motifs is 1. The lowest BCUT2D eigenvalue weighted by molar-refractivity contribution is -0.123. The normalized spacial score (nSPS) is 11.6. The number of nitrogens with one attached hydrogen (secondary N) is 2. The third kappa shape index (κ3) is 4.51. The second-order valence-electron chi connectivity index (χ2n) is 5.77. The summed E-state index contributed by atoms with van der Waals surface area (Å²) in [5, 5.41) is 9.93. The van der Waals surface area contributed by atoms with E-state index in [1.54, 1.807) is 11.5 Å². The standard InChI is InChI=1S/C20H19N3O3S/c1-3-11-21-20-23-17(12-27-20)19(25)26-13(2)18(24)22-16-10-6-8-14-7-4-5-9-15(14)16/h3-10,12-13H,1,11H2,2H3,(H,21,23)(H,22,24). The average molecular weight is 381 g/mol. The lowest BCUT2D eigenvalue weighted by Crippen LogP contribution is -2.30. The largest absolute Gasteiger partial charge is 0.448 e. The van der Waals surface area contributed by atoms with E-state index < -0.39 is 18.0 Å². The van der Waals surface area contributed by atoms with Gasteiger partial charge in [0.1, 0.15) is 0 Å². The van der Waals surface area contributed by atoms with Crippen LogP contribution >= 0.6 is 11.3 Å². The molecule has 2 N–H and O–H groups in total. The Hall–Kier alpha value is -3.19. The summed E-state index contributed by atoms with van der Waals surface area (Å²) in [7, 11) is 0. The number of carbonyl (C=O) groups is 2. The summed E-state index contributed by atoms with van der Waals surface area (Å²) in [6, 6.07) is 13.4. The topological polar surface area (TPSA) is 80.3 Å². The zero-order valence-corrected chi connectivity index (χ0v) is 15.6. The lowest BCUT2D eigenvalue weighted by Gasteiger charge is -2.14. The van der Waals surface area contributed by atoms with Crippen molar-refractivity contribution in [2.75, 3.05) is 17.2 Å². The Morgan fingerprint density at radius 2 is 2.04 bits per heavy atom. The highest BCUT2D eigenvalue weighted by atomic mass is 32.1. The molecule has 0 saturated carbocycles. The van der Waals surface area contributed by atoms with Gasteiger partial charge in [-0.3, -0.25) is 4.79 Å². The molecule has 3 rings (SSSR count). The second-order valence-corrected chi connectivity index (χ2v) is 6.63. The number of anilines is 2. The van der Waals surface area contributed by atoms with Crippen molar-refractivity contribution in [2.45, 2.75) is 13.0 Å². The quantitative estimate of drug-likeness (QED) is 0.476. The number of amides is 1. The molecule has 1 heterocycles. The molecule has 7 heteroatoms. The Morgan fingerprint density at radius 3 is 2.85 bits per heavy atom. The summed E-state index contributed by atoms with van der Waals surface area (Å²) in [5.74, 6) is -1.04. The van der Waals surface area contributed by atoms with Crippen molar-refractivity contribution < 1.29 is 14.3 Å². The van der Waals surface area contributed by atoms with Crippen molar-refractivity contribution in [1.29, 1.82) is 0 Å². The van der Waals surface area contributed by atoms with Gasteiger partial charge in [0.15, 0.2) is 16.9 Å². The molecule has 0 bridgehead atoms. The number of benzene rings is 2. The molecule has 0 spiro atoms. The van der Waals surface area contributed by atoms with Crippen molar-refractivity contribution in [3.05, 3.63) is 66.2 Å². The summed E-state index contributed by atoms with van der Waals surface area (Å²) >= 11 is 1.29. The third-order valence-electron chi connectivity index (χ3n) is 3.81. The van der Waals surface area contributed by atoms with Crippen LogP contribution in [0.25, 0.3) is 10.8 Å². The molecule has 0 radical (unpaired) electrons. The predicted molar refractivity (Wildman–Crippen MR) is 108 cm³/mol. The first-order valence-corrected chi connectivity index (χ1v) is 9.26. The van der Waals surface area contributed by atoms with E-state index in [4.69, 9.17) is 4.74 Å². The molecular weight excluding hydrogens is 362 g/mol. The van der Waals surface area contributed by atoms with Gasteiger partial charge in [-0.2, -0.15) is 0 Å². The average Bonchev–Trinajstić information content (AvgIpc) is 3.15. The number of nitrogens with zero attached hydrogens (tertiary/aromatic N) is 1. The van der Waals surface area contributed by atoms with E-state index in [1.165, 1.54) is 18.3 Å². The van der Waals surface area contributed by atoms with E-state index in [0.717, 1.165) is 10.8 Å². The molecule has 0 aliphatic heterocycles. The fraction of sp³-hybridized carbons (Fsp3) is 0.150. The van der Waals surface area contributed by atoms with Crippen LogP contribution in [0.3, 0.4) is 0 Å². The van der Waals surface area contributed by atoms with Gasteiger partial charge < -0.3 is 15.4 Å². The molecule has 0 aliphatic carbocycles. The Kier molecular flexibility index (Phi) is 5.83. The zero-order chi connectivity index (χ0) is 19.2. The molecule has 0 saturated heterocycles. The predicted octanol–water partition coefficient (Wildman–Crippen LogP) is 4.08. The second kappa shape index (κ2) is 8.46. The van der Waals surface area contributed by atoms with Crippen LogP contribution in [0.1, 0.15) is 17.4 Å². The van der Waals surface area contributed by atoms with Gasteiger partial charge in [-0.05, 0) is 18.4 Å². The summed E-state index contributed by atoms with van der Waals surface area (Å²) in [5.41, 5.74) is 0.835. The number of ether oxygens (including phenoxy) is 1. The molecular formula is C20H19N3O3S. The maximum atomic E-state index is 12.4. The van der Waals surface area contributed by atoms with Gasteiger partial charge in [0.2, 0.25) is 0 Å². The van der Waals surface area contributed by atoms with Crippen molar-refractivity contribution in [1.82, 2.24) is 4.98 Å². The van der Waals surface area contributed by atoms with Gasteiger partial charge in [0.05, 0.1) is 0 Å². The van der Waals surface area contributed by atoms with Crippen LogP contribution in [0.5, 0.6) is 0 Å². The molecule has 0 fully saturated rings. The summed E-state index contributed by atoms with van der Waals surface area (Å²) < 4.78 is 5.25. The van der Waals surface area contributed by atoms with Crippen molar-refractivity contribution in [2.24, 2.45) is 0 Å². The fourth-order valence-electron chi connectivity index (χ4n) is 2.45. The fourth-order valence-corrected chi connectivity index (χ4v) is 3.14. The molecule has 1 aromatic heterocycles. The van der Waals surface area contributed by atoms with Gasteiger partial charge in [0, 0.05) is 23.0 Å². The molecule has 1 amide bonds. The molecule has 0 aliphatic rings. The third-order valence-corrected chi connectivity index (χ3v) is 4.61. The summed E-state index contributed by atoms with van der Waals surface area (Å²) in [4.78, 5) is 28.8. The van der Waals surface area contributed by atoms with Crippen molar-refractivity contribution in [3.8, 4) is 0 Å². The molecule has 1 unspecified atom stereocenters. The minimum Gasteiger partial charge on any atom is -0.448 e. The first-order valence-electron chi connectivity index (χ1n) is 8.38. The number of thiazole rings is 1. The number of aromatic nitrogens is 1.